The van der Waals surface area contributed by atoms with Gasteiger partial charge in [-0.05, 0) is 12.8 Å². The number of carbonyl (C=O) groups is 4. The van der Waals surface area contributed by atoms with E-state index in [0.717, 1.165) is 60.1 Å². The summed E-state index contributed by atoms with van der Waals surface area (Å²) in [5.41, 5.74) is 0. The van der Waals surface area contributed by atoms with Crippen molar-refractivity contribution in [2.24, 2.45) is 0 Å². The standard InChI is InChI=1S/C36H70N4O6S2.2Na/c1-3-5-7-9-11-13-15-17-19-21-23-25-27-37-35(45)39-31(33(41)42)29-47-48-30-32(34(43)44)40-36(46)38-28-26-24-22-20-18-16-14-12-10-8-6-4-2;;/h31-32H,3-30H2,1-2H3,(H,41,42)(H,43,44)(H2,37,39,45)(H2,38,40,46);;/q;2*+1/p-2. The molecule has 0 aromatic rings. The number of nitrogens with one attached hydrogen (secondary N) is 4. The van der Waals surface area contributed by atoms with Gasteiger partial charge in [-0.3, -0.25) is 0 Å². The number of hydrogen-bond acceptors (Lipinski definition) is 8. The molecule has 2 unspecified atom stereocenters. The van der Waals surface area contributed by atoms with Crippen LogP contribution in [0.15, 0.2) is 0 Å². The van der Waals surface area contributed by atoms with Crippen molar-refractivity contribution in [3.63, 3.8) is 0 Å². The molecule has 4 amide bonds. The molecule has 50 heavy (non-hydrogen) atoms. The Kier molecular flexibility index (Phi) is 45.7. The number of hydrogen-bond donors (Lipinski definition) is 4. The summed E-state index contributed by atoms with van der Waals surface area (Å²) in [7, 11) is 2.16. The first-order valence-electron chi connectivity index (χ1n) is 19.1. The molecular formula is C36H68N4Na2O6S2. The zero-order valence-electron chi connectivity index (χ0n) is 32.2. The number of amides is 4. The van der Waals surface area contributed by atoms with Gasteiger partial charge in [-0.25, -0.2) is 9.59 Å². The molecule has 0 aliphatic rings. The normalized spacial score (nSPS) is 11.8. The zero-order valence-corrected chi connectivity index (χ0v) is 37.9. The molecule has 0 aromatic heterocycles. The van der Waals surface area contributed by atoms with Crippen LogP contribution in [0.25, 0.3) is 0 Å². The average molecular weight is 763 g/mol. The minimum absolute atomic E-state index is 0. The largest absolute Gasteiger partial charge is 1.00 e. The van der Waals surface area contributed by atoms with E-state index in [1.165, 1.54) is 116 Å². The molecule has 0 spiro atoms. The van der Waals surface area contributed by atoms with E-state index in [2.05, 4.69) is 35.1 Å². The summed E-state index contributed by atoms with van der Waals surface area (Å²) in [6.45, 7) is 5.39. The SMILES string of the molecule is CCCCCCCCCCCCCCNC(=O)NC(CSSCC(NC(=O)NCCCCCCCCCCCCCC)C(=O)[O-])C(=O)[O-].[Na+].[Na+]. The van der Waals surface area contributed by atoms with E-state index < -0.39 is 36.1 Å². The van der Waals surface area contributed by atoms with E-state index in [1.807, 2.05) is 0 Å². The summed E-state index contributed by atoms with van der Waals surface area (Å²) >= 11 is 0. The smallest absolute Gasteiger partial charge is 0.548 e. The molecule has 0 aliphatic carbocycles. The van der Waals surface area contributed by atoms with Crippen LogP contribution >= 0.6 is 21.6 Å². The van der Waals surface area contributed by atoms with E-state index in [1.54, 1.807) is 0 Å². The Labute approximate surface area is 356 Å². The summed E-state index contributed by atoms with van der Waals surface area (Å²) in [5.74, 6) is -2.89. The molecule has 282 valence electrons. The number of urea groups is 2. The van der Waals surface area contributed by atoms with Gasteiger partial charge < -0.3 is 41.1 Å². The van der Waals surface area contributed by atoms with Crippen molar-refractivity contribution < 1.29 is 88.5 Å². The maximum atomic E-state index is 12.2. The van der Waals surface area contributed by atoms with Crippen molar-refractivity contribution in [2.75, 3.05) is 24.6 Å². The van der Waals surface area contributed by atoms with Crippen LogP contribution in [0.1, 0.15) is 168 Å². The van der Waals surface area contributed by atoms with Gasteiger partial charge in [0.05, 0.1) is 24.0 Å². The van der Waals surface area contributed by atoms with Crippen molar-refractivity contribution in [1.29, 1.82) is 0 Å². The number of aliphatic carboxylic acids is 2. The second kappa shape index (κ2) is 41.9. The van der Waals surface area contributed by atoms with Gasteiger partial charge in [0.1, 0.15) is 0 Å². The molecular weight excluding hydrogens is 695 g/mol. The quantitative estimate of drug-likeness (QED) is 0.0415. The number of carboxylic acids is 2. The summed E-state index contributed by atoms with van der Waals surface area (Å²) < 4.78 is 0. The Balaban J connectivity index is -0.0000110. The van der Waals surface area contributed by atoms with Crippen molar-refractivity contribution in [3.05, 3.63) is 0 Å². The van der Waals surface area contributed by atoms with Crippen molar-refractivity contribution in [3.8, 4) is 0 Å². The summed E-state index contributed by atoms with van der Waals surface area (Å²) in [6, 6.07) is -3.62. The molecule has 2 atom stereocenters. The van der Waals surface area contributed by atoms with Gasteiger partial charge >= 0.3 is 71.2 Å². The first-order valence-corrected chi connectivity index (χ1v) is 21.5. The van der Waals surface area contributed by atoms with Crippen LogP contribution in [0.3, 0.4) is 0 Å². The van der Waals surface area contributed by atoms with Gasteiger partial charge in [0.25, 0.3) is 0 Å². The first kappa shape index (κ1) is 54.5. The Morgan fingerprint density at radius 2 is 0.680 bits per heavy atom. The predicted octanol–water partition coefficient (Wildman–Crippen LogP) is 0.613. The fourth-order valence-electron chi connectivity index (χ4n) is 5.32. The molecule has 0 saturated heterocycles. The zero-order chi connectivity index (χ0) is 35.5. The Hall–Kier alpha value is 0.180. The molecule has 0 heterocycles. The van der Waals surface area contributed by atoms with Gasteiger partial charge in [-0.15, -0.1) is 0 Å². The molecule has 0 bridgehead atoms. The van der Waals surface area contributed by atoms with Crippen molar-refractivity contribution in [1.82, 2.24) is 21.3 Å². The third kappa shape index (κ3) is 37.9. The van der Waals surface area contributed by atoms with E-state index in [0.29, 0.717) is 13.1 Å². The van der Waals surface area contributed by atoms with Crippen molar-refractivity contribution >= 4 is 45.6 Å². The van der Waals surface area contributed by atoms with Gasteiger partial charge in [0.15, 0.2) is 0 Å². The van der Waals surface area contributed by atoms with Crippen molar-refractivity contribution in [2.45, 2.75) is 180 Å². The molecule has 0 radical (unpaired) electrons. The number of carbonyl (C=O) groups excluding carboxylic acids is 4. The first-order chi connectivity index (χ1) is 23.3. The maximum Gasteiger partial charge on any atom is 1.00 e. The van der Waals surface area contributed by atoms with Gasteiger partial charge in [-0.1, -0.05) is 177 Å². The van der Waals surface area contributed by atoms with Crippen LogP contribution in [0.5, 0.6) is 0 Å². The monoisotopic (exact) mass is 762 g/mol. The van der Waals surface area contributed by atoms with Crippen LogP contribution in [0, 0.1) is 0 Å². The van der Waals surface area contributed by atoms with Crippen LogP contribution in [0.2, 0.25) is 0 Å². The Bertz CT molecular complexity index is 757. The number of carboxylic acid groups (broad SMARTS) is 2. The molecule has 4 N–H and O–H groups in total. The van der Waals surface area contributed by atoms with Crippen LogP contribution in [0.4, 0.5) is 9.59 Å². The van der Waals surface area contributed by atoms with Gasteiger partial charge in [-0.2, -0.15) is 0 Å². The Morgan fingerprint density at radius 3 is 0.920 bits per heavy atom. The maximum absolute atomic E-state index is 12.2. The second-order valence-corrected chi connectivity index (χ2v) is 15.4. The second-order valence-electron chi connectivity index (χ2n) is 12.9. The van der Waals surface area contributed by atoms with Crippen LogP contribution in [-0.4, -0.2) is 60.7 Å². The van der Waals surface area contributed by atoms with Crippen LogP contribution in [-0.2, 0) is 9.59 Å². The molecule has 0 fully saturated rings. The van der Waals surface area contributed by atoms with E-state index in [4.69, 9.17) is 0 Å². The predicted molar refractivity (Wildman–Crippen MR) is 198 cm³/mol. The Morgan fingerprint density at radius 1 is 0.440 bits per heavy atom. The topological polar surface area (TPSA) is 163 Å². The molecule has 0 aromatic carbocycles. The molecule has 0 aliphatic heterocycles. The molecule has 10 nitrogen and oxygen atoms in total. The molecule has 0 saturated carbocycles. The third-order valence-electron chi connectivity index (χ3n) is 8.36. The summed E-state index contributed by atoms with van der Waals surface area (Å²) in [4.78, 5) is 47.4. The average Bonchev–Trinajstić information content (AvgIpc) is 3.05. The third-order valence-corrected chi connectivity index (χ3v) is 10.8. The molecule has 0 rings (SSSR count). The van der Waals surface area contributed by atoms with Gasteiger partial charge in [0.2, 0.25) is 0 Å². The summed E-state index contributed by atoms with van der Waals surface area (Å²) in [6.07, 6.45) is 29.3. The fraction of sp³-hybridized carbons (Fsp3) is 0.889. The number of unbranched alkanes of at least 4 members (excludes halogenated alkanes) is 22. The minimum atomic E-state index is -1.42. The van der Waals surface area contributed by atoms with E-state index in [9.17, 15) is 29.4 Å². The summed E-state index contributed by atoms with van der Waals surface area (Å²) in [5, 5.41) is 33.3. The van der Waals surface area contributed by atoms with Gasteiger partial charge in [0, 0.05) is 24.6 Å². The van der Waals surface area contributed by atoms with E-state index >= 15 is 0 Å². The minimum Gasteiger partial charge on any atom is -0.548 e. The van der Waals surface area contributed by atoms with Crippen LogP contribution < -0.4 is 90.6 Å². The van der Waals surface area contributed by atoms with E-state index in [-0.39, 0.29) is 70.6 Å². The molecule has 14 heteroatoms. The fourth-order valence-corrected chi connectivity index (χ4v) is 7.62. The number of rotatable bonds is 35.